The van der Waals surface area contributed by atoms with Crippen LogP contribution in [0.3, 0.4) is 0 Å². The normalized spacial score (nSPS) is 13.0. The van der Waals surface area contributed by atoms with Crippen LogP contribution in [-0.2, 0) is 22.2 Å². The van der Waals surface area contributed by atoms with Gasteiger partial charge in [0.05, 0.1) is 21.9 Å². The van der Waals surface area contributed by atoms with Gasteiger partial charge < -0.3 is 0 Å². The Hall–Kier alpha value is -4.28. The molecule has 0 amide bonds. The van der Waals surface area contributed by atoms with Gasteiger partial charge in [0, 0.05) is 18.5 Å². The molecule has 5 heterocycles. The Labute approximate surface area is 207 Å². The first-order chi connectivity index (χ1) is 17.7. The van der Waals surface area contributed by atoms with E-state index in [0.717, 1.165) is 35.0 Å². The number of hydrogen-bond acceptors (Lipinski definition) is 7. The number of sulfone groups is 1. The van der Waals surface area contributed by atoms with Crippen LogP contribution < -0.4 is 5.69 Å². The lowest BCUT2D eigenvalue weighted by atomic mass is 10.2. The first kappa shape index (κ1) is 25.4. The number of nitrogens with zero attached hydrogens (tertiary/aromatic N) is 7. The molecule has 0 saturated carbocycles. The molecule has 5 aromatic rings. The average molecular weight is 557 g/mol. The fourth-order valence-corrected chi connectivity index (χ4v) is 4.62. The van der Waals surface area contributed by atoms with Gasteiger partial charge in [-0.3, -0.25) is 0 Å². The molecule has 0 atom stereocenters. The predicted octanol–water partition coefficient (Wildman–Crippen LogP) is 3.42. The van der Waals surface area contributed by atoms with Gasteiger partial charge in [0.25, 0.3) is 0 Å². The molecule has 0 aliphatic rings. The van der Waals surface area contributed by atoms with Crippen molar-refractivity contribution in [2.45, 2.75) is 24.2 Å². The minimum atomic E-state index is -4.75. The van der Waals surface area contributed by atoms with Crippen LogP contribution >= 0.6 is 0 Å². The van der Waals surface area contributed by atoms with E-state index in [1.54, 1.807) is 0 Å². The average Bonchev–Trinajstić information content (AvgIpc) is 3.44. The maximum absolute atomic E-state index is 13.1. The van der Waals surface area contributed by atoms with Crippen molar-refractivity contribution < 1.29 is 34.8 Å². The zero-order valence-electron chi connectivity index (χ0n) is 18.9. The Kier molecular flexibility index (Phi) is 5.59. The summed E-state index contributed by atoms with van der Waals surface area (Å²) >= 11 is 0. The third-order valence-electron chi connectivity index (χ3n) is 5.48. The van der Waals surface area contributed by atoms with E-state index in [2.05, 4.69) is 20.2 Å². The van der Waals surface area contributed by atoms with Crippen LogP contribution in [-0.4, -0.2) is 47.9 Å². The third-order valence-corrected chi connectivity index (χ3v) is 7.24. The molecule has 5 rings (SSSR count). The van der Waals surface area contributed by atoms with E-state index < -0.39 is 39.1 Å². The number of fused-ring (bicyclic) bond motifs is 2. The fraction of sp³-hybridized carbons (Fsp3) is 0.190. The SMILES string of the molecule is CCS(=O)(=O)c1ccc(-n2nc3ccc(C(F)(F)F)cn3c2=O)nc1-c1ccn2nc(C(F)(F)F)cc2n1. The standard InChI is InChI=1S/C21H13F6N7O3S/c1-2-38(36,37)13-4-6-15(34-19(35)32-10-11(20(22,23)24)3-5-16(32)31-34)29-18(13)12-7-8-33-17(28-12)9-14(30-33)21(25,26)27/h3-10H,2H2,1H3. The molecule has 17 heteroatoms. The molecule has 10 nitrogen and oxygen atoms in total. The Morgan fingerprint density at radius 2 is 1.63 bits per heavy atom. The van der Waals surface area contributed by atoms with Crippen molar-refractivity contribution >= 4 is 21.1 Å². The van der Waals surface area contributed by atoms with E-state index in [0.29, 0.717) is 21.3 Å². The summed E-state index contributed by atoms with van der Waals surface area (Å²) < 4.78 is 106. The summed E-state index contributed by atoms with van der Waals surface area (Å²) in [6.07, 6.45) is -7.79. The lowest BCUT2D eigenvalue weighted by Gasteiger charge is -2.10. The number of halogens is 6. The molecule has 0 bridgehead atoms. The molecule has 5 aromatic heterocycles. The highest BCUT2D eigenvalue weighted by Gasteiger charge is 2.34. The predicted molar refractivity (Wildman–Crippen MR) is 118 cm³/mol. The molecule has 38 heavy (non-hydrogen) atoms. The van der Waals surface area contributed by atoms with E-state index in [-0.39, 0.29) is 39.1 Å². The first-order valence-electron chi connectivity index (χ1n) is 10.6. The molecule has 0 aliphatic carbocycles. The van der Waals surface area contributed by atoms with Crippen molar-refractivity contribution in [3.63, 3.8) is 0 Å². The van der Waals surface area contributed by atoms with E-state index >= 15 is 0 Å². The Bertz CT molecular complexity index is 1890. The summed E-state index contributed by atoms with van der Waals surface area (Å²) in [4.78, 5) is 20.8. The monoisotopic (exact) mass is 557 g/mol. The summed E-state index contributed by atoms with van der Waals surface area (Å²) in [5.41, 5.74) is -4.20. The Morgan fingerprint density at radius 3 is 2.29 bits per heavy atom. The molecule has 0 unspecified atom stereocenters. The van der Waals surface area contributed by atoms with Gasteiger partial charge in [-0.1, -0.05) is 6.92 Å². The van der Waals surface area contributed by atoms with Crippen LogP contribution in [0, 0.1) is 0 Å². The molecule has 0 fully saturated rings. The van der Waals surface area contributed by atoms with Crippen molar-refractivity contribution in [3.05, 3.63) is 70.5 Å². The van der Waals surface area contributed by atoms with Gasteiger partial charge in [0.15, 0.2) is 32.6 Å². The van der Waals surface area contributed by atoms with Crippen LogP contribution in [0.5, 0.6) is 0 Å². The lowest BCUT2D eigenvalue weighted by molar-refractivity contribution is -0.141. The second-order valence-corrected chi connectivity index (χ2v) is 10.1. The topological polar surface area (TPSA) is 117 Å². The molecule has 0 aromatic carbocycles. The molecule has 0 aliphatic heterocycles. The van der Waals surface area contributed by atoms with Crippen LogP contribution in [0.15, 0.2) is 58.5 Å². The van der Waals surface area contributed by atoms with Gasteiger partial charge in [-0.05, 0) is 30.3 Å². The zero-order valence-corrected chi connectivity index (χ0v) is 19.7. The van der Waals surface area contributed by atoms with Gasteiger partial charge in [-0.15, -0.1) is 5.10 Å². The number of aromatic nitrogens is 7. The highest BCUT2D eigenvalue weighted by atomic mass is 32.2. The summed E-state index contributed by atoms with van der Waals surface area (Å²) in [7, 11) is -3.95. The molecule has 0 saturated heterocycles. The fourth-order valence-electron chi connectivity index (χ4n) is 3.59. The summed E-state index contributed by atoms with van der Waals surface area (Å²) in [5.74, 6) is -0.619. The molecule has 0 radical (unpaired) electrons. The van der Waals surface area contributed by atoms with Crippen molar-refractivity contribution in [2.75, 3.05) is 5.75 Å². The maximum atomic E-state index is 13.1. The van der Waals surface area contributed by atoms with Crippen LogP contribution in [0.25, 0.3) is 28.5 Å². The lowest BCUT2D eigenvalue weighted by Crippen LogP contribution is -2.21. The number of alkyl halides is 6. The molecule has 198 valence electrons. The quantitative estimate of drug-likeness (QED) is 0.311. The minimum Gasteiger partial charge on any atom is -0.249 e. The van der Waals surface area contributed by atoms with E-state index in [1.165, 1.54) is 13.0 Å². The van der Waals surface area contributed by atoms with Gasteiger partial charge in [-0.25, -0.2) is 32.1 Å². The number of pyridine rings is 2. The van der Waals surface area contributed by atoms with Crippen molar-refractivity contribution in [2.24, 2.45) is 0 Å². The zero-order chi connectivity index (χ0) is 27.6. The van der Waals surface area contributed by atoms with Gasteiger partial charge >= 0.3 is 18.0 Å². The van der Waals surface area contributed by atoms with E-state index in [9.17, 15) is 39.6 Å². The summed E-state index contributed by atoms with van der Waals surface area (Å²) in [5, 5.41) is 7.34. The van der Waals surface area contributed by atoms with Gasteiger partial charge in [0.2, 0.25) is 0 Å². The molecular weight excluding hydrogens is 544 g/mol. The molecule has 0 N–H and O–H groups in total. The van der Waals surface area contributed by atoms with Crippen molar-refractivity contribution in [1.82, 2.24) is 33.8 Å². The largest absolute Gasteiger partial charge is 0.435 e. The second-order valence-electron chi connectivity index (χ2n) is 7.90. The Balaban J connectivity index is 1.71. The third kappa shape index (κ3) is 4.27. The summed E-state index contributed by atoms with van der Waals surface area (Å²) in [6.45, 7) is 1.36. The number of rotatable bonds is 4. The smallest absolute Gasteiger partial charge is 0.249 e. The van der Waals surface area contributed by atoms with E-state index in [1.807, 2.05) is 0 Å². The van der Waals surface area contributed by atoms with Crippen LogP contribution in [0.2, 0.25) is 0 Å². The number of hydrogen-bond donors (Lipinski definition) is 0. The van der Waals surface area contributed by atoms with Crippen LogP contribution in [0.1, 0.15) is 18.2 Å². The highest BCUT2D eigenvalue weighted by Crippen LogP contribution is 2.31. The van der Waals surface area contributed by atoms with Crippen molar-refractivity contribution in [1.29, 1.82) is 0 Å². The first-order valence-corrected chi connectivity index (χ1v) is 12.2. The minimum absolute atomic E-state index is 0.143. The van der Waals surface area contributed by atoms with Crippen LogP contribution in [0.4, 0.5) is 26.3 Å². The van der Waals surface area contributed by atoms with Gasteiger partial charge in [0.1, 0.15) is 5.69 Å². The maximum Gasteiger partial charge on any atom is 0.435 e. The van der Waals surface area contributed by atoms with Gasteiger partial charge in [-0.2, -0.15) is 36.1 Å². The Morgan fingerprint density at radius 1 is 0.895 bits per heavy atom. The molecule has 0 spiro atoms. The second kappa shape index (κ2) is 8.37. The van der Waals surface area contributed by atoms with Crippen molar-refractivity contribution in [3.8, 4) is 17.2 Å². The van der Waals surface area contributed by atoms with E-state index in [4.69, 9.17) is 0 Å². The summed E-state index contributed by atoms with van der Waals surface area (Å²) in [6, 6.07) is 5.79. The highest BCUT2D eigenvalue weighted by molar-refractivity contribution is 7.91. The molecular formula is C21H13F6N7O3S.